The van der Waals surface area contributed by atoms with Crippen LogP contribution in [0.25, 0.3) is 0 Å². The molecular formula is C22H20N2O6S. The van der Waals surface area contributed by atoms with Gasteiger partial charge < -0.3 is 9.47 Å². The van der Waals surface area contributed by atoms with E-state index in [0.717, 1.165) is 17.3 Å². The Balaban J connectivity index is 1.93. The smallest absolute Gasteiger partial charge is 0.315 e. The van der Waals surface area contributed by atoms with Crippen LogP contribution in [-0.4, -0.2) is 26.7 Å². The zero-order valence-electron chi connectivity index (χ0n) is 16.9. The van der Waals surface area contributed by atoms with Gasteiger partial charge in [-0.1, -0.05) is 48.0 Å². The molecule has 3 rings (SSSR count). The van der Waals surface area contributed by atoms with E-state index >= 15 is 0 Å². The van der Waals surface area contributed by atoms with E-state index in [1.165, 1.54) is 31.4 Å². The van der Waals surface area contributed by atoms with Crippen molar-refractivity contribution in [2.24, 2.45) is 4.40 Å². The largest absolute Gasteiger partial charge is 0.493 e. The van der Waals surface area contributed by atoms with Crippen LogP contribution in [0.1, 0.15) is 16.7 Å². The summed E-state index contributed by atoms with van der Waals surface area (Å²) in [5, 5.41) is 11.6. The summed E-state index contributed by atoms with van der Waals surface area (Å²) in [4.78, 5) is 11.0. The second kappa shape index (κ2) is 9.40. The molecule has 31 heavy (non-hydrogen) atoms. The van der Waals surface area contributed by atoms with Crippen LogP contribution in [0.15, 0.2) is 76.0 Å². The van der Waals surface area contributed by atoms with E-state index in [1.54, 1.807) is 18.2 Å². The van der Waals surface area contributed by atoms with Crippen molar-refractivity contribution < 1.29 is 22.8 Å². The van der Waals surface area contributed by atoms with E-state index in [0.29, 0.717) is 0 Å². The zero-order valence-corrected chi connectivity index (χ0v) is 17.7. The molecule has 0 saturated carbocycles. The second-order valence-electron chi connectivity index (χ2n) is 6.63. The van der Waals surface area contributed by atoms with Crippen LogP contribution in [0.3, 0.4) is 0 Å². The lowest BCUT2D eigenvalue weighted by molar-refractivity contribution is -0.386. The first kappa shape index (κ1) is 22.0. The molecule has 9 heteroatoms. The Kier molecular flexibility index (Phi) is 6.66. The van der Waals surface area contributed by atoms with Gasteiger partial charge in [-0.3, -0.25) is 10.1 Å². The normalized spacial score (nSPS) is 11.4. The van der Waals surface area contributed by atoms with Crippen LogP contribution in [0, 0.1) is 17.0 Å². The lowest BCUT2D eigenvalue weighted by Gasteiger charge is -2.12. The summed E-state index contributed by atoms with van der Waals surface area (Å²) in [5.74, 6) is 0.0532. The van der Waals surface area contributed by atoms with Crippen LogP contribution in [0.5, 0.6) is 11.5 Å². The molecule has 0 unspecified atom stereocenters. The highest BCUT2D eigenvalue weighted by molar-refractivity contribution is 7.90. The first-order chi connectivity index (χ1) is 14.8. The minimum atomic E-state index is -3.94. The average Bonchev–Trinajstić information content (AvgIpc) is 2.76. The molecule has 3 aromatic carbocycles. The molecule has 0 spiro atoms. The molecular weight excluding hydrogens is 420 g/mol. The summed E-state index contributed by atoms with van der Waals surface area (Å²) in [7, 11) is -2.60. The van der Waals surface area contributed by atoms with E-state index in [-0.39, 0.29) is 34.3 Å². The standard InChI is InChI=1S/C22H20N2O6S/c1-16-7-6-8-17(11-16)15-30-22-20(24(25)26)12-18(13-21(22)29-2)14-23-31(27,28)19-9-4-3-5-10-19/h3-14H,15H2,1-2H3/b23-14-. The van der Waals surface area contributed by atoms with Gasteiger partial charge in [0, 0.05) is 17.8 Å². The van der Waals surface area contributed by atoms with Crippen LogP contribution in [-0.2, 0) is 16.6 Å². The fraction of sp³-hybridized carbons (Fsp3) is 0.136. The highest BCUT2D eigenvalue weighted by atomic mass is 32.2. The highest BCUT2D eigenvalue weighted by Crippen LogP contribution is 2.38. The number of rotatable bonds is 8. The second-order valence-corrected chi connectivity index (χ2v) is 8.26. The van der Waals surface area contributed by atoms with E-state index < -0.39 is 14.9 Å². The maximum atomic E-state index is 12.3. The predicted octanol–water partition coefficient (Wildman–Crippen LogP) is 4.30. The topological polar surface area (TPSA) is 108 Å². The molecule has 0 aromatic heterocycles. The number of benzene rings is 3. The Morgan fingerprint density at radius 1 is 1.06 bits per heavy atom. The van der Waals surface area contributed by atoms with E-state index in [4.69, 9.17) is 9.47 Å². The van der Waals surface area contributed by atoms with Crippen molar-refractivity contribution in [3.8, 4) is 11.5 Å². The van der Waals surface area contributed by atoms with Gasteiger partial charge in [0.15, 0.2) is 5.75 Å². The lowest BCUT2D eigenvalue weighted by Crippen LogP contribution is -2.03. The number of methoxy groups -OCH3 is 1. The molecule has 8 nitrogen and oxygen atoms in total. The summed E-state index contributed by atoms with van der Waals surface area (Å²) in [6.07, 6.45) is 1.04. The molecule has 0 heterocycles. The Hall–Kier alpha value is -3.72. The minimum absolute atomic E-state index is 0.0193. The molecule has 0 radical (unpaired) electrons. The van der Waals surface area contributed by atoms with Gasteiger partial charge in [0.2, 0.25) is 5.75 Å². The number of nitro groups is 1. The van der Waals surface area contributed by atoms with Gasteiger partial charge in [-0.25, -0.2) is 0 Å². The third kappa shape index (κ3) is 5.46. The molecule has 3 aromatic rings. The van der Waals surface area contributed by atoms with Gasteiger partial charge in [-0.05, 0) is 30.7 Å². The van der Waals surface area contributed by atoms with Gasteiger partial charge >= 0.3 is 5.69 Å². The summed E-state index contributed by atoms with van der Waals surface area (Å²) in [6, 6.07) is 17.9. The van der Waals surface area contributed by atoms with E-state index in [1.807, 2.05) is 31.2 Å². The molecule has 0 aliphatic carbocycles. The van der Waals surface area contributed by atoms with E-state index in [9.17, 15) is 18.5 Å². The number of hydrogen-bond donors (Lipinski definition) is 0. The number of aryl methyl sites for hydroxylation is 1. The minimum Gasteiger partial charge on any atom is -0.493 e. The van der Waals surface area contributed by atoms with Gasteiger partial charge in [0.1, 0.15) is 6.61 Å². The number of nitro benzene ring substituents is 1. The molecule has 0 saturated heterocycles. The van der Waals surface area contributed by atoms with Gasteiger partial charge in [-0.15, -0.1) is 0 Å². The first-order valence-corrected chi connectivity index (χ1v) is 10.6. The van der Waals surface area contributed by atoms with E-state index in [2.05, 4.69) is 4.40 Å². The number of sulfonamides is 1. The summed E-state index contributed by atoms with van der Waals surface area (Å²) in [6.45, 7) is 2.04. The predicted molar refractivity (Wildman–Crippen MR) is 116 cm³/mol. The van der Waals surface area contributed by atoms with Gasteiger partial charge in [0.05, 0.1) is 16.9 Å². The van der Waals surface area contributed by atoms with Crippen molar-refractivity contribution in [2.75, 3.05) is 7.11 Å². The van der Waals surface area contributed by atoms with Crippen molar-refractivity contribution in [2.45, 2.75) is 18.4 Å². The fourth-order valence-electron chi connectivity index (χ4n) is 2.86. The van der Waals surface area contributed by atoms with Gasteiger partial charge in [-0.2, -0.15) is 12.8 Å². The SMILES string of the molecule is COc1cc(/C=N\S(=O)(=O)c2ccccc2)cc([N+](=O)[O-])c1OCc1cccc(C)c1. The Morgan fingerprint density at radius 2 is 1.81 bits per heavy atom. The average molecular weight is 440 g/mol. The summed E-state index contributed by atoms with van der Waals surface area (Å²) in [5.41, 5.74) is 1.71. The molecule has 0 N–H and O–H groups in total. The maximum Gasteiger partial charge on any atom is 0.315 e. The van der Waals surface area contributed by atoms with Crippen LogP contribution in [0.2, 0.25) is 0 Å². The summed E-state index contributed by atoms with van der Waals surface area (Å²) < 4.78 is 39.3. The molecule has 160 valence electrons. The molecule has 0 aliphatic heterocycles. The zero-order chi connectivity index (χ0) is 22.4. The Morgan fingerprint density at radius 3 is 2.45 bits per heavy atom. The Labute approximate surface area is 180 Å². The van der Waals surface area contributed by atoms with Crippen molar-refractivity contribution in [1.82, 2.24) is 0 Å². The third-order valence-corrected chi connectivity index (χ3v) is 5.57. The van der Waals surface area contributed by atoms with Crippen LogP contribution >= 0.6 is 0 Å². The summed E-state index contributed by atoms with van der Waals surface area (Å²) >= 11 is 0. The number of nitrogens with zero attached hydrogens (tertiary/aromatic N) is 2. The molecule has 0 atom stereocenters. The lowest BCUT2D eigenvalue weighted by atomic mass is 10.1. The fourth-order valence-corrected chi connectivity index (χ4v) is 3.74. The van der Waals surface area contributed by atoms with Gasteiger partial charge in [0.25, 0.3) is 10.0 Å². The van der Waals surface area contributed by atoms with Crippen molar-refractivity contribution >= 4 is 21.9 Å². The van der Waals surface area contributed by atoms with Crippen molar-refractivity contribution in [1.29, 1.82) is 0 Å². The van der Waals surface area contributed by atoms with Crippen LogP contribution < -0.4 is 9.47 Å². The molecule has 0 aliphatic rings. The molecule has 0 amide bonds. The van der Waals surface area contributed by atoms with Crippen molar-refractivity contribution in [3.63, 3.8) is 0 Å². The monoisotopic (exact) mass is 440 g/mol. The number of ether oxygens (including phenoxy) is 2. The third-order valence-electron chi connectivity index (χ3n) is 4.32. The Bertz CT molecular complexity index is 1220. The molecule has 0 bridgehead atoms. The maximum absolute atomic E-state index is 12.3. The van der Waals surface area contributed by atoms with Crippen molar-refractivity contribution in [3.05, 3.63) is 93.5 Å². The highest BCUT2D eigenvalue weighted by Gasteiger charge is 2.22. The van der Waals surface area contributed by atoms with Crippen LogP contribution in [0.4, 0.5) is 5.69 Å². The quantitative estimate of drug-likeness (QED) is 0.294. The molecule has 0 fully saturated rings. The number of hydrogen-bond acceptors (Lipinski definition) is 6. The first-order valence-electron chi connectivity index (χ1n) is 9.20.